The van der Waals surface area contributed by atoms with E-state index in [1.165, 1.54) is 38.5 Å². The van der Waals surface area contributed by atoms with Crippen LogP contribution >= 0.6 is 7.82 Å². The zero-order valence-electron chi connectivity index (χ0n) is 30.7. The zero-order chi connectivity index (χ0) is 37.1. The SMILES string of the molecule is CCC/C=C/C/C=C/C/C=C/C/C=C/CCCCCC(=O)O[C@@H](COC(=O)CCCCCCCCCCC)COP(=O)(O)OC[C@H](N)C(=O)O. The van der Waals surface area contributed by atoms with Gasteiger partial charge in [-0.25, -0.2) is 4.57 Å². The van der Waals surface area contributed by atoms with Crippen LogP contribution in [0.1, 0.15) is 142 Å². The fraction of sp³-hybridized carbons (Fsp3) is 0.711. The number of carbonyl (C=O) groups excluding carboxylic acids is 2. The van der Waals surface area contributed by atoms with Crippen molar-refractivity contribution in [1.29, 1.82) is 0 Å². The van der Waals surface area contributed by atoms with Crippen LogP contribution in [0.2, 0.25) is 0 Å². The third-order valence-corrected chi connectivity index (χ3v) is 8.51. The molecule has 0 aromatic rings. The lowest BCUT2D eigenvalue weighted by Gasteiger charge is -2.20. The number of allylic oxidation sites excluding steroid dienone is 8. The molecular formula is C38H66NO10P. The summed E-state index contributed by atoms with van der Waals surface area (Å²) in [5.74, 6) is -2.43. The topological polar surface area (TPSA) is 172 Å². The van der Waals surface area contributed by atoms with Gasteiger partial charge < -0.3 is 25.2 Å². The normalized spacial score (nSPS) is 14.5. The van der Waals surface area contributed by atoms with Gasteiger partial charge in [0.05, 0.1) is 13.2 Å². The van der Waals surface area contributed by atoms with E-state index in [9.17, 15) is 23.8 Å². The van der Waals surface area contributed by atoms with Crippen LogP contribution in [0.3, 0.4) is 0 Å². The summed E-state index contributed by atoms with van der Waals surface area (Å²) in [7, 11) is -4.72. The Kier molecular flexibility index (Phi) is 31.9. The molecule has 50 heavy (non-hydrogen) atoms. The summed E-state index contributed by atoms with van der Waals surface area (Å²) in [6.07, 6.45) is 34.8. The highest BCUT2D eigenvalue weighted by Crippen LogP contribution is 2.43. The van der Waals surface area contributed by atoms with Crippen molar-refractivity contribution < 1.29 is 47.5 Å². The standard InChI is InChI=1S/C38H66NO10P/c1-3-5-7-9-11-13-14-15-16-17-18-19-20-22-24-26-28-30-37(41)49-34(32-47-50(44,45)48-33-35(39)38(42)43)31-46-36(40)29-27-25-23-21-12-10-8-6-4-2/h7,9,13-14,16-17,19-20,34-35H,3-6,8,10-12,15,18,21-33,39H2,1-2H3,(H,42,43)(H,44,45)/b9-7+,14-13+,17-16+,20-19+/t34-,35-/m0/s1. The first-order valence-corrected chi connectivity index (χ1v) is 20.2. The zero-order valence-corrected chi connectivity index (χ0v) is 31.6. The third-order valence-electron chi connectivity index (χ3n) is 7.56. The van der Waals surface area contributed by atoms with E-state index in [4.69, 9.17) is 24.8 Å². The van der Waals surface area contributed by atoms with E-state index in [0.29, 0.717) is 12.8 Å². The van der Waals surface area contributed by atoms with Crippen LogP contribution in [0, 0.1) is 0 Å². The van der Waals surface area contributed by atoms with E-state index < -0.39 is 51.1 Å². The van der Waals surface area contributed by atoms with Gasteiger partial charge in [-0.1, -0.05) is 127 Å². The second-order valence-corrected chi connectivity index (χ2v) is 13.8. The Hall–Kier alpha value is -2.56. The maximum atomic E-state index is 12.5. The van der Waals surface area contributed by atoms with E-state index >= 15 is 0 Å². The van der Waals surface area contributed by atoms with Crippen LogP contribution in [-0.4, -0.2) is 59.9 Å². The molecule has 0 heterocycles. The number of hydrogen-bond donors (Lipinski definition) is 3. The Morgan fingerprint density at radius 2 is 1.10 bits per heavy atom. The quantitative estimate of drug-likeness (QED) is 0.0250. The number of ether oxygens (including phenoxy) is 2. The smallest absolute Gasteiger partial charge is 0.472 e. The molecule has 0 fully saturated rings. The number of rotatable bonds is 34. The number of phosphoric ester groups is 1. The van der Waals surface area contributed by atoms with Crippen molar-refractivity contribution in [2.75, 3.05) is 19.8 Å². The van der Waals surface area contributed by atoms with Gasteiger partial charge in [-0.2, -0.15) is 0 Å². The van der Waals surface area contributed by atoms with E-state index in [1.54, 1.807) is 0 Å². The summed E-state index contributed by atoms with van der Waals surface area (Å²) in [5.41, 5.74) is 5.30. The summed E-state index contributed by atoms with van der Waals surface area (Å²) in [6.45, 7) is 2.64. The molecule has 4 N–H and O–H groups in total. The van der Waals surface area contributed by atoms with E-state index in [1.807, 2.05) is 0 Å². The van der Waals surface area contributed by atoms with E-state index in [2.05, 4.69) is 67.0 Å². The van der Waals surface area contributed by atoms with Crippen LogP contribution in [0.4, 0.5) is 0 Å². The third kappa shape index (κ3) is 32.6. The van der Waals surface area contributed by atoms with Crippen LogP contribution in [0.5, 0.6) is 0 Å². The van der Waals surface area contributed by atoms with E-state index in [0.717, 1.165) is 64.2 Å². The minimum absolute atomic E-state index is 0.123. The van der Waals surface area contributed by atoms with E-state index in [-0.39, 0.29) is 19.4 Å². The number of hydrogen-bond acceptors (Lipinski definition) is 9. The minimum Gasteiger partial charge on any atom is -0.480 e. The molecule has 0 rings (SSSR count). The van der Waals surface area contributed by atoms with Crippen molar-refractivity contribution in [3.63, 3.8) is 0 Å². The molecule has 0 saturated heterocycles. The molecule has 0 bridgehead atoms. The molecule has 0 aromatic carbocycles. The Morgan fingerprint density at radius 3 is 1.66 bits per heavy atom. The number of nitrogens with two attached hydrogens (primary N) is 1. The number of carbonyl (C=O) groups is 3. The summed E-state index contributed by atoms with van der Waals surface area (Å²) >= 11 is 0. The predicted octanol–water partition coefficient (Wildman–Crippen LogP) is 9.05. The molecule has 0 amide bonds. The number of phosphoric acid groups is 1. The van der Waals surface area contributed by atoms with Gasteiger partial charge in [0, 0.05) is 12.8 Å². The summed E-state index contributed by atoms with van der Waals surface area (Å²) in [6, 6.07) is -1.53. The Morgan fingerprint density at radius 1 is 0.620 bits per heavy atom. The highest BCUT2D eigenvalue weighted by molar-refractivity contribution is 7.47. The fourth-order valence-electron chi connectivity index (χ4n) is 4.58. The highest BCUT2D eigenvalue weighted by Gasteiger charge is 2.28. The average Bonchev–Trinajstić information content (AvgIpc) is 3.09. The van der Waals surface area contributed by atoms with Crippen LogP contribution in [0.15, 0.2) is 48.6 Å². The van der Waals surface area contributed by atoms with Crippen molar-refractivity contribution >= 4 is 25.7 Å². The molecule has 0 aliphatic carbocycles. The average molecular weight is 728 g/mol. The second-order valence-electron chi connectivity index (χ2n) is 12.4. The molecule has 0 radical (unpaired) electrons. The molecule has 0 saturated carbocycles. The number of carboxylic acid groups (broad SMARTS) is 1. The molecule has 1 unspecified atom stereocenters. The number of unbranched alkanes of at least 4 members (excludes halogenated alkanes) is 12. The molecule has 12 heteroatoms. The molecule has 0 aliphatic heterocycles. The number of carboxylic acids is 1. The van der Waals surface area contributed by atoms with Gasteiger partial charge in [0.25, 0.3) is 0 Å². The first-order valence-electron chi connectivity index (χ1n) is 18.7. The minimum atomic E-state index is -4.72. The Balaban J connectivity index is 4.51. The monoisotopic (exact) mass is 727 g/mol. The molecular weight excluding hydrogens is 661 g/mol. The van der Waals surface area contributed by atoms with Gasteiger partial charge in [-0.3, -0.25) is 23.4 Å². The second kappa shape index (κ2) is 33.6. The van der Waals surface area contributed by atoms with Gasteiger partial charge in [-0.15, -0.1) is 0 Å². The van der Waals surface area contributed by atoms with Crippen LogP contribution in [0.25, 0.3) is 0 Å². The van der Waals surface area contributed by atoms with Crippen LogP contribution < -0.4 is 5.73 Å². The fourth-order valence-corrected chi connectivity index (χ4v) is 5.36. The Labute approximate surface area is 301 Å². The first kappa shape index (κ1) is 47.4. The highest BCUT2D eigenvalue weighted by atomic mass is 31.2. The lowest BCUT2D eigenvalue weighted by atomic mass is 10.1. The summed E-state index contributed by atoms with van der Waals surface area (Å²) in [5, 5.41) is 8.85. The van der Waals surface area contributed by atoms with Gasteiger partial charge in [0.1, 0.15) is 12.6 Å². The van der Waals surface area contributed by atoms with Gasteiger partial charge >= 0.3 is 25.7 Å². The Bertz CT molecular complexity index is 1040. The lowest BCUT2D eigenvalue weighted by molar-refractivity contribution is -0.161. The lowest BCUT2D eigenvalue weighted by Crippen LogP contribution is -2.34. The number of aliphatic carboxylic acids is 1. The maximum absolute atomic E-state index is 12.5. The first-order chi connectivity index (χ1) is 24.1. The molecule has 0 aliphatic rings. The van der Waals surface area contributed by atoms with Gasteiger partial charge in [0.2, 0.25) is 0 Å². The maximum Gasteiger partial charge on any atom is 0.472 e. The van der Waals surface area contributed by atoms with Crippen molar-refractivity contribution in [3.05, 3.63) is 48.6 Å². The predicted molar refractivity (Wildman–Crippen MR) is 198 cm³/mol. The molecule has 288 valence electrons. The molecule has 0 spiro atoms. The summed E-state index contributed by atoms with van der Waals surface area (Å²) < 4.78 is 32.5. The van der Waals surface area contributed by atoms with Crippen molar-refractivity contribution in [1.82, 2.24) is 0 Å². The molecule has 0 aromatic heterocycles. The molecule has 11 nitrogen and oxygen atoms in total. The van der Waals surface area contributed by atoms with Crippen molar-refractivity contribution in [3.8, 4) is 0 Å². The molecule has 3 atom stereocenters. The van der Waals surface area contributed by atoms with Crippen LogP contribution in [-0.2, 0) is 37.5 Å². The summed E-state index contributed by atoms with van der Waals surface area (Å²) in [4.78, 5) is 45.6. The van der Waals surface area contributed by atoms with Gasteiger partial charge in [0.15, 0.2) is 6.10 Å². The number of esters is 2. The van der Waals surface area contributed by atoms with Crippen molar-refractivity contribution in [2.24, 2.45) is 5.73 Å². The van der Waals surface area contributed by atoms with Crippen molar-refractivity contribution in [2.45, 2.75) is 154 Å². The largest absolute Gasteiger partial charge is 0.480 e. The van der Waals surface area contributed by atoms with Gasteiger partial charge in [-0.05, 0) is 51.4 Å².